The van der Waals surface area contributed by atoms with Crippen molar-refractivity contribution in [2.24, 2.45) is 5.84 Å². The molecule has 4 heteroatoms. The molecule has 2 aromatic carbocycles. The SMILES string of the molecule is Cc1cccc(CCC(Cc2cccc(Cl)c2Cl)NN)c1. The lowest BCUT2D eigenvalue weighted by molar-refractivity contribution is 0.491. The normalized spacial score (nSPS) is 12.4. The van der Waals surface area contributed by atoms with Crippen molar-refractivity contribution in [2.75, 3.05) is 0 Å². The molecule has 0 aromatic heterocycles. The summed E-state index contributed by atoms with van der Waals surface area (Å²) in [6.07, 6.45) is 2.69. The summed E-state index contributed by atoms with van der Waals surface area (Å²) in [7, 11) is 0. The van der Waals surface area contributed by atoms with Gasteiger partial charge in [0.25, 0.3) is 0 Å². The van der Waals surface area contributed by atoms with Crippen molar-refractivity contribution >= 4 is 23.2 Å². The summed E-state index contributed by atoms with van der Waals surface area (Å²) < 4.78 is 0. The van der Waals surface area contributed by atoms with Crippen molar-refractivity contribution in [3.05, 3.63) is 69.2 Å². The van der Waals surface area contributed by atoms with E-state index >= 15 is 0 Å². The second-order valence-corrected chi connectivity index (χ2v) is 6.09. The Bertz CT molecular complexity index is 599. The van der Waals surface area contributed by atoms with Gasteiger partial charge >= 0.3 is 0 Å². The highest BCUT2D eigenvalue weighted by Crippen LogP contribution is 2.26. The van der Waals surface area contributed by atoms with Gasteiger partial charge in [-0.15, -0.1) is 0 Å². The minimum atomic E-state index is 0.168. The Morgan fingerprint density at radius 2 is 1.90 bits per heavy atom. The Morgan fingerprint density at radius 1 is 1.14 bits per heavy atom. The maximum atomic E-state index is 6.23. The van der Waals surface area contributed by atoms with Gasteiger partial charge in [-0.3, -0.25) is 11.3 Å². The van der Waals surface area contributed by atoms with Gasteiger partial charge in [0.2, 0.25) is 0 Å². The molecule has 0 heterocycles. The van der Waals surface area contributed by atoms with Crippen LogP contribution in [0.3, 0.4) is 0 Å². The average molecular weight is 323 g/mol. The van der Waals surface area contributed by atoms with Gasteiger partial charge in [-0.1, -0.05) is 65.2 Å². The summed E-state index contributed by atoms with van der Waals surface area (Å²) in [5.41, 5.74) is 6.51. The smallest absolute Gasteiger partial charge is 0.0624 e. The van der Waals surface area contributed by atoms with Crippen molar-refractivity contribution in [3.8, 4) is 0 Å². The third kappa shape index (κ3) is 4.72. The molecule has 112 valence electrons. The molecule has 21 heavy (non-hydrogen) atoms. The molecule has 0 saturated carbocycles. The molecule has 0 fully saturated rings. The lowest BCUT2D eigenvalue weighted by Crippen LogP contribution is -2.37. The van der Waals surface area contributed by atoms with E-state index in [1.165, 1.54) is 11.1 Å². The summed E-state index contributed by atoms with van der Waals surface area (Å²) in [5.74, 6) is 5.68. The minimum absolute atomic E-state index is 0.168. The first-order valence-corrected chi connectivity index (χ1v) is 7.80. The summed E-state index contributed by atoms with van der Waals surface area (Å²) in [6.45, 7) is 2.11. The molecule has 2 nitrogen and oxygen atoms in total. The van der Waals surface area contributed by atoms with Gasteiger partial charge in [0.05, 0.1) is 10.0 Å². The van der Waals surface area contributed by atoms with Crippen LogP contribution in [-0.2, 0) is 12.8 Å². The molecule has 0 aliphatic rings. The number of halogens is 2. The number of benzene rings is 2. The zero-order chi connectivity index (χ0) is 15.2. The Morgan fingerprint density at radius 3 is 2.62 bits per heavy atom. The highest BCUT2D eigenvalue weighted by Gasteiger charge is 2.12. The van der Waals surface area contributed by atoms with Gasteiger partial charge in [0, 0.05) is 6.04 Å². The van der Waals surface area contributed by atoms with E-state index in [4.69, 9.17) is 29.0 Å². The van der Waals surface area contributed by atoms with Gasteiger partial charge in [0.15, 0.2) is 0 Å². The van der Waals surface area contributed by atoms with Gasteiger partial charge in [-0.2, -0.15) is 0 Å². The van der Waals surface area contributed by atoms with E-state index in [1.54, 1.807) is 6.07 Å². The van der Waals surface area contributed by atoms with Gasteiger partial charge in [-0.25, -0.2) is 0 Å². The molecule has 0 bridgehead atoms. The molecule has 2 aromatic rings. The van der Waals surface area contributed by atoms with Crippen LogP contribution in [0.2, 0.25) is 10.0 Å². The van der Waals surface area contributed by atoms with Crippen molar-refractivity contribution in [1.82, 2.24) is 5.43 Å². The van der Waals surface area contributed by atoms with E-state index in [9.17, 15) is 0 Å². The number of nitrogens with two attached hydrogens (primary N) is 1. The highest BCUT2D eigenvalue weighted by molar-refractivity contribution is 6.42. The molecule has 0 aliphatic heterocycles. The van der Waals surface area contributed by atoms with E-state index in [0.717, 1.165) is 24.8 Å². The third-order valence-electron chi connectivity index (χ3n) is 3.60. The van der Waals surface area contributed by atoms with Crippen molar-refractivity contribution < 1.29 is 0 Å². The Kier molecular flexibility index (Phi) is 6.07. The van der Waals surface area contributed by atoms with Crippen LogP contribution in [0.15, 0.2) is 42.5 Å². The largest absolute Gasteiger partial charge is 0.271 e. The monoisotopic (exact) mass is 322 g/mol. The van der Waals surface area contributed by atoms with Gasteiger partial charge in [0.1, 0.15) is 0 Å². The molecule has 0 radical (unpaired) electrons. The van der Waals surface area contributed by atoms with Crippen molar-refractivity contribution in [1.29, 1.82) is 0 Å². The van der Waals surface area contributed by atoms with Crippen LogP contribution in [0.4, 0.5) is 0 Å². The first-order valence-electron chi connectivity index (χ1n) is 7.04. The molecule has 3 N–H and O–H groups in total. The van der Waals surface area contributed by atoms with Crippen LogP contribution >= 0.6 is 23.2 Å². The Labute approximate surface area is 136 Å². The first kappa shape index (κ1) is 16.3. The summed E-state index contributed by atoms with van der Waals surface area (Å²) >= 11 is 12.3. The zero-order valence-corrected chi connectivity index (χ0v) is 13.6. The first-order chi connectivity index (χ1) is 10.1. The third-order valence-corrected chi connectivity index (χ3v) is 4.46. The van der Waals surface area contributed by atoms with Gasteiger partial charge in [-0.05, 0) is 43.4 Å². The molecular formula is C17H20Cl2N2. The standard InChI is InChI=1S/C17H20Cl2N2/c1-12-4-2-5-13(10-12)8-9-15(21-20)11-14-6-3-7-16(18)17(14)19/h2-7,10,15,21H,8-9,11,20H2,1H3. The maximum Gasteiger partial charge on any atom is 0.0624 e. The number of hydrogen-bond acceptors (Lipinski definition) is 2. The number of rotatable bonds is 6. The molecule has 2 rings (SSSR count). The van der Waals surface area contributed by atoms with E-state index in [-0.39, 0.29) is 6.04 Å². The average Bonchev–Trinajstić information content (AvgIpc) is 2.48. The Hall–Kier alpha value is -1.06. The van der Waals surface area contributed by atoms with E-state index in [1.807, 2.05) is 12.1 Å². The van der Waals surface area contributed by atoms with Crippen molar-refractivity contribution in [2.45, 2.75) is 32.2 Å². The maximum absolute atomic E-state index is 6.23. The number of aryl methyl sites for hydroxylation is 2. The van der Waals surface area contributed by atoms with Crippen LogP contribution in [0.25, 0.3) is 0 Å². The zero-order valence-electron chi connectivity index (χ0n) is 12.1. The summed E-state index contributed by atoms with van der Waals surface area (Å²) in [4.78, 5) is 0. The van der Waals surface area contributed by atoms with Gasteiger partial charge < -0.3 is 0 Å². The molecule has 1 unspecified atom stereocenters. The number of hydrogen-bond donors (Lipinski definition) is 2. The topological polar surface area (TPSA) is 38.0 Å². The minimum Gasteiger partial charge on any atom is -0.271 e. The molecule has 0 amide bonds. The highest BCUT2D eigenvalue weighted by atomic mass is 35.5. The summed E-state index contributed by atoms with van der Waals surface area (Å²) in [6, 6.07) is 14.4. The molecule has 0 saturated heterocycles. The van der Waals surface area contributed by atoms with Crippen LogP contribution in [0.1, 0.15) is 23.1 Å². The molecular weight excluding hydrogens is 303 g/mol. The lowest BCUT2D eigenvalue weighted by atomic mass is 9.99. The van der Waals surface area contributed by atoms with E-state index < -0.39 is 0 Å². The molecule has 1 atom stereocenters. The van der Waals surface area contributed by atoms with Crippen LogP contribution in [0, 0.1) is 6.92 Å². The molecule has 0 aliphatic carbocycles. The predicted octanol–water partition coefficient (Wildman–Crippen LogP) is 4.31. The lowest BCUT2D eigenvalue weighted by Gasteiger charge is -2.17. The van der Waals surface area contributed by atoms with E-state index in [0.29, 0.717) is 10.0 Å². The second-order valence-electron chi connectivity index (χ2n) is 5.31. The fourth-order valence-corrected chi connectivity index (χ4v) is 2.82. The van der Waals surface area contributed by atoms with Crippen LogP contribution in [-0.4, -0.2) is 6.04 Å². The van der Waals surface area contributed by atoms with E-state index in [2.05, 4.69) is 36.6 Å². The predicted molar refractivity (Wildman–Crippen MR) is 90.8 cm³/mol. The number of hydrazine groups is 1. The van der Waals surface area contributed by atoms with Crippen LogP contribution < -0.4 is 11.3 Å². The molecule has 0 spiro atoms. The number of nitrogens with one attached hydrogen (secondary N) is 1. The Balaban J connectivity index is 1.99. The van der Waals surface area contributed by atoms with Crippen molar-refractivity contribution in [3.63, 3.8) is 0 Å². The fraction of sp³-hybridized carbons (Fsp3) is 0.294. The second kappa shape index (κ2) is 7.81. The fourth-order valence-electron chi connectivity index (χ4n) is 2.42. The quantitative estimate of drug-likeness (QED) is 0.614. The van der Waals surface area contributed by atoms with Crippen LogP contribution in [0.5, 0.6) is 0 Å². The summed E-state index contributed by atoms with van der Waals surface area (Å²) in [5, 5.41) is 1.21.